The van der Waals surface area contributed by atoms with Gasteiger partial charge in [-0.15, -0.1) is 0 Å². The number of likely N-dealkylation sites (tertiary alicyclic amines) is 2. The Morgan fingerprint density at radius 3 is 2.57 bits per heavy atom. The van der Waals surface area contributed by atoms with Crippen LogP contribution in [0.15, 0.2) is 6.20 Å². The molecule has 0 unspecified atom stereocenters. The lowest BCUT2D eigenvalue weighted by molar-refractivity contribution is -0.138. The van der Waals surface area contributed by atoms with Gasteiger partial charge in [0.2, 0.25) is 5.91 Å². The van der Waals surface area contributed by atoms with Gasteiger partial charge in [-0.3, -0.25) is 14.3 Å². The molecule has 0 radical (unpaired) electrons. The Kier molecular flexibility index (Phi) is 7.92. The van der Waals surface area contributed by atoms with Crippen molar-refractivity contribution in [2.24, 2.45) is 5.92 Å². The summed E-state index contributed by atoms with van der Waals surface area (Å²) >= 11 is 0. The number of carbonyl (C=O) groups is 2. The molecule has 2 saturated heterocycles. The second kappa shape index (κ2) is 10.4. The Bertz CT molecular complexity index is 723. The summed E-state index contributed by atoms with van der Waals surface area (Å²) in [6.45, 7) is 14.2. The summed E-state index contributed by atoms with van der Waals surface area (Å²) in [4.78, 5) is 32.7. The van der Waals surface area contributed by atoms with Crippen LogP contribution in [0.3, 0.4) is 0 Å². The standard InChI is InChI=1S/C23H39N5O2/c1-5-27-17-21(19(4)24-27)23(30)26-14-8-10-20(16-26)28(22(29)18(2)3)15-9-13-25-11-6-7-12-25/h17-18,20H,5-16H2,1-4H3/t20-/m0/s1. The number of carbonyl (C=O) groups excluding carboxylic acids is 2. The molecule has 0 saturated carbocycles. The van der Waals surface area contributed by atoms with E-state index >= 15 is 0 Å². The van der Waals surface area contributed by atoms with Gasteiger partial charge >= 0.3 is 0 Å². The third-order valence-corrected chi connectivity index (χ3v) is 6.47. The molecule has 0 bridgehead atoms. The van der Waals surface area contributed by atoms with Gasteiger partial charge in [0.1, 0.15) is 0 Å². The van der Waals surface area contributed by atoms with Crippen LogP contribution in [0.25, 0.3) is 0 Å². The normalized spacial score (nSPS) is 20.2. The first-order valence-corrected chi connectivity index (χ1v) is 11.8. The molecule has 2 fully saturated rings. The van der Waals surface area contributed by atoms with E-state index in [0.29, 0.717) is 12.1 Å². The van der Waals surface area contributed by atoms with Gasteiger partial charge in [0.15, 0.2) is 0 Å². The molecule has 30 heavy (non-hydrogen) atoms. The maximum absolute atomic E-state index is 13.2. The molecular formula is C23H39N5O2. The van der Waals surface area contributed by atoms with E-state index in [1.165, 1.54) is 25.9 Å². The first-order chi connectivity index (χ1) is 14.4. The summed E-state index contributed by atoms with van der Waals surface area (Å²) in [5.41, 5.74) is 1.47. The molecule has 1 aromatic heterocycles. The van der Waals surface area contributed by atoms with Crippen LogP contribution in [0.4, 0.5) is 0 Å². The van der Waals surface area contributed by atoms with Crippen LogP contribution in [0, 0.1) is 12.8 Å². The van der Waals surface area contributed by atoms with E-state index in [1.54, 1.807) is 0 Å². The highest BCUT2D eigenvalue weighted by Crippen LogP contribution is 2.21. The molecule has 0 N–H and O–H groups in total. The number of aromatic nitrogens is 2. The van der Waals surface area contributed by atoms with E-state index < -0.39 is 0 Å². The van der Waals surface area contributed by atoms with Crippen LogP contribution >= 0.6 is 0 Å². The second-order valence-electron chi connectivity index (χ2n) is 9.12. The first-order valence-electron chi connectivity index (χ1n) is 11.8. The third-order valence-electron chi connectivity index (χ3n) is 6.47. The monoisotopic (exact) mass is 417 g/mol. The highest BCUT2D eigenvalue weighted by atomic mass is 16.2. The first kappa shape index (κ1) is 22.8. The highest BCUT2D eigenvalue weighted by Gasteiger charge is 2.32. The number of amides is 2. The van der Waals surface area contributed by atoms with Crippen molar-refractivity contribution in [2.75, 3.05) is 39.3 Å². The smallest absolute Gasteiger partial charge is 0.257 e. The van der Waals surface area contributed by atoms with Gasteiger partial charge in [-0.1, -0.05) is 13.8 Å². The molecule has 0 aromatic carbocycles. The lowest BCUT2D eigenvalue weighted by atomic mass is 10.0. The minimum atomic E-state index is -0.0205. The molecule has 168 valence electrons. The summed E-state index contributed by atoms with van der Waals surface area (Å²) in [6, 6.07) is 0.109. The van der Waals surface area contributed by atoms with Gasteiger partial charge in [-0.2, -0.15) is 5.10 Å². The minimum absolute atomic E-state index is 0.0205. The quantitative estimate of drug-likeness (QED) is 0.653. The van der Waals surface area contributed by atoms with Crippen molar-refractivity contribution in [1.29, 1.82) is 0 Å². The fraction of sp³-hybridized carbons (Fsp3) is 0.783. The van der Waals surface area contributed by atoms with Crippen molar-refractivity contribution in [3.63, 3.8) is 0 Å². The van der Waals surface area contributed by atoms with Gasteiger partial charge in [0.25, 0.3) is 5.91 Å². The molecule has 7 nitrogen and oxygen atoms in total. The molecule has 2 amide bonds. The van der Waals surface area contributed by atoms with E-state index in [0.717, 1.165) is 51.1 Å². The number of piperidine rings is 1. The fourth-order valence-electron chi connectivity index (χ4n) is 4.73. The molecular weight excluding hydrogens is 378 g/mol. The van der Waals surface area contributed by atoms with Crippen molar-refractivity contribution in [3.8, 4) is 0 Å². The van der Waals surface area contributed by atoms with Crippen molar-refractivity contribution in [1.82, 2.24) is 24.5 Å². The average molecular weight is 418 g/mol. The number of hydrogen-bond acceptors (Lipinski definition) is 4. The lowest BCUT2D eigenvalue weighted by Gasteiger charge is -2.40. The largest absolute Gasteiger partial charge is 0.338 e. The molecule has 3 rings (SSSR count). The van der Waals surface area contributed by atoms with Crippen LogP contribution in [0.2, 0.25) is 0 Å². The van der Waals surface area contributed by atoms with Crippen molar-refractivity contribution in [3.05, 3.63) is 17.5 Å². The van der Waals surface area contributed by atoms with Crippen molar-refractivity contribution < 1.29 is 9.59 Å². The number of nitrogens with zero attached hydrogens (tertiary/aromatic N) is 5. The van der Waals surface area contributed by atoms with Crippen molar-refractivity contribution >= 4 is 11.8 Å². The minimum Gasteiger partial charge on any atom is -0.338 e. The average Bonchev–Trinajstić information content (AvgIpc) is 3.39. The fourth-order valence-corrected chi connectivity index (χ4v) is 4.73. The summed E-state index contributed by atoms with van der Waals surface area (Å²) in [5, 5.41) is 4.43. The summed E-state index contributed by atoms with van der Waals surface area (Å²) in [7, 11) is 0. The van der Waals surface area contributed by atoms with Crippen LogP contribution in [-0.4, -0.2) is 81.6 Å². The summed E-state index contributed by atoms with van der Waals surface area (Å²) in [6.07, 6.45) is 7.36. The van der Waals surface area contributed by atoms with Crippen molar-refractivity contribution in [2.45, 2.75) is 72.4 Å². The molecule has 0 aliphatic carbocycles. The van der Waals surface area contributed by atoms with Gasteiger partial charge in [-0.25, -0.2) is 0 Å². The summed E-state index contributed by atoms with van der Waals surface area (Å²) < 4.78 is 1.82. The Morgan fingerprint density at radius 2 is 1.93 bits per heavy atom. The Balaban J connectivity index is 1.65. The number of hydrogen-bond donors (Lipinski definition) is 0. The maximum atomic E-state index is 13.2. The number of rotatable bonds is 8. The lowest BCUT2D eigenvalue weighted by Crippen LogP contribution is -2.53. The van der Waals surface area contributed by atoms with E-state index in [1.807, 2.05) is 43.5 Å². The Morgan fingerprint density at radius 1 is 1.20 bits per heavy atom. The predicted octanol–water partition coefficient (Wildman–Crippen LogP) is 2.79. The van der Waals surface area contributed by atoms with E-state index in [-0.39, 0.29) is 23.8 Å². The second-order valence-corrected chi connectivity index (χ2v) is 9.12. The van der Waals surface area contributed by atoms with Crippen LogP contribution in [0.5, 0.6) is 0 Å². The van der Waals surface area contributed by atoms with Gasteiger partial charge in [0.05, 0.1) is 11.3 Å². The SMILES string of the molecule is CCn1cc(C(=O)N2CCC[C@H](N(CCCN3CCCC3)C(=O)C(C)C)C2)c(C)n1. The molecule has 1 aromatic rings. The maximum Gasteiger partial charge on any atom is 0.257 e. The van der Waals surface area contributed by atoms with E-state index in [4.69, 9.17) is 0 Å². The zero-order valence-electron chi connectivity index (χ0n) is 19.3. The molecule has 2 aliphatic rings. The highest BCUT2D eigenvalue weighted by molar-refractivity contribution is 5.95. The van der Waals surface area contributed by atoms with Gasteiger partial charge in [0, 0.05) is 44.3 Å². The zero-order chi connectivity index (χ0) is 21.7. The topological polar surface area (TPSA) is 61.7 Å². The van der Waals surface area contributed by atoms with E-state index in [9.17, 15) is 9.59 Å². The Hall–Kier alpha value is -1.89. The predicted molar refractivity (Wildman–Crippen MR) is 118 cm³/mol. The van der Waals surface area contributed by atoms with Gasteiger partial charge < -0.3 is 14.7 Å². The van der Waals surface area contributed by atoms with Gasteiger partial charge in [-0.05, 0) is 65.6 Å². The molecule has 3 heterocycles. The molecule has 0 spiro atoms. The van der Waals surface area contributed by atoms with E-state index in [2.05, 4.69) is 14.9 Å². The Labute approximate surface area is 181 Å². The van der Waals surface area contributed by atoms with Crippen LogP contribution in [-0.2, 0) is 11.3 Å². The number of aryl methyl sites for hydroxylation is 2. The zero-order valence-corrected chi connectivity index (χ0v) is 19.3. The van der Waals surface area contributed by atoms with Crippen LogP contribution in [0.1, 0.15) is 68.9 Å². The molecule has 2 aliphatic heterocycles. The molecule has 1 atom stereocenters. The van der Waals surface area contributed by atoms with Crippen LogP contribution < -0.4 is 0 Å². The summed E-state index contributed by atoms with van der Waals surface area (Å²) in [5.74, 6) is 0.240. The molecule has 7 heteroatoms. The third kappa shape index (κ3) is 5.42.